The number of rotatable bonds is 2. The van der Waals surface area contributed by atoms with Gasteiger partial charge < -0.3 is 4.98 Å². The second-order valence-corrected chi connectivity index (χ2v) is 5.47. The Bertz CT molecular complexity index is 1140. The summed E-state index contributed by atoms with van der Waals surface area (Å²) >= 11 is 0. The number of benzene rings is 2. The van der Waals surface area contributed by atoms with E-state index in [-0.39, 0.29) is 11.4 Å². The quantitative estimate of drug-likeness (QED) is 0.576. The van der Waals surface area contributed by atoms with E-state index in [0.717, 1.165) is 5.56 Å². The largest absolute Gasteiger partial charge is 0.349 e. The number of hydrogen-bond donors (Lipinski definition) is 1. The molecule has 0 saturated carbocycles. The number of hydrogen-bond acceptors (Lipinski definition) is 3. The minimum atomic E-state index is -0.367. The average Bonchev–Trinajstić information content (AvgIpc) is 2.94. The molecular weight excluding hydrogens is 307 g/mol. The molecule has 0 unspecified atom stereocenters. The Morgan fingerprint density at radius 3 is 2.79 bits per heavy atom. The molecule has 0 aliphatic heterocycles. The van der Waals surface area contributed by atoms with Gasteiger partial charge in [0.15, 0.2) is 0 Å². The monoisotopic (exact) mass is 320 g/mol. The van der Waals surface area contributed by atoms with Gasteiger partial charge in [-0.05, 0) is 30.7 Å². The molecule has 24 heavy (non-hydrogen) atoms. The molecule has 4 rings (SSSR count). The molecule has 6 heteroatoms. The van der Waals surface area contributed by atoms with Gasteiger partial charge in [0.1, 0.15) is 22.7 Å². The summed E-state index contributed by atoms with van der Waals surface area (Å²) in [5.74, 6) is 0.0685. The highest BCUT2D eigenvalue weighted by Crippen LogP contribution is 2.22. The lowest BCUT2D eigenvalue weighted by Crippen LogP contribution is -2.20. The Labute approximate surface area is 136 Å². The van der Waals surface area contributed by atoms with Crippen molar-refractivity contribution in [2.24, 2.45) is 5.10 Å². The van der Waals surface area contributed by atoms with Crippen molar-refractivity contribution in [1.82, 2.24) is 14.6 Å². The first kappa shape index (κ1) is 14.3. The van der Waals surface area contributed by atoms with E-state index in [1.54, 1.807) is 19.2 Å². The highest BCUT2D eigenvalue weighted by Gasteiger charge is 2.13. The van der Waals surface area contributed by atoms with Crippen molar-refractivity contribution in [1.29, 1.82) is 0 Å². The fourth-order valence-electron chi connectivity index (χ4n) is 2.68. The van der Waals surface area contributed by atoms with Gasteiger partial charge in [-0.3, -0.25) is 4.79 Å². The van der Waals surface area contributed by atoms with Gasteiger partial charge in [0.2, 0.25) is 0 Å². The topological polar surface area (TPSA) is 63.0 Å². The van der Waals surface area contributed by atoms with E-state index in [1.165, 1.54) is 16.8 Å². The van der Waals surface area contributed by atoms with Crippen LogP contribution in [0.3, 0.4) is 0 Å². The third-order valence-electron chi connectivity index (χ3n) is 3.84. The zero-order chi connectivity index (χ0) is 16.7. The molecule has 5 nitrogen and oxygen atoms in total. The van der Waals surface area contributed by atoms with Crippen LogP contribution < -0.4 is 5.56 Å². The van der Waals surface area contributed by atoms with Gasteiger partial charge in [-0.25, -0.2) is 9.37 Å². The molecule has 0 saturated heterocycles. The molecule has 0 spiro atoms. The van der Waals surface area contributed by atoms with Crippen LogP contribution in [0.5, 0.6) is 0 Å². The molecule has 4 aromatic rings. The number of nitrogens with one attached hydrogen (secondary N) is 1. The SMILES string of the molecule is Cc1nc2c([nH]c3ccc(F)cc32)c(=O)n1/N=C\c1ccccc1. The van der Waals surface area contributed by atoms with Crippen LogP contribution in [0, 0.1) is 12.7 Å². The summed E-state index contributed by atoms with van der Waals surface area (Å²) in [6.45, 7) is 1.70. The molecule has 2 aromatic carbocycles. The van der Waals surface area contributed by atoms with E-state index >= 15 is 0 Å². The minimum Gasteiger partial charge on any atom is -0.349 e. The molecule has 0 aliphatic rings. The highest BCUT2D eigenvalue weighted by atomic mass is 19.1. The number of nitrogens with zero attached hydrogens (tertiary/aromatic N) is 3. The van der Waals surface area contributed by atoms with Gasteiger partial charge in [-0.2, -0.15) is 9.78 Å². The average molecular weight is 320 g/mol. The first-order valence-corrected chi connectivity index (χ1v) is 7.43. The second kappa shape index (κ2) is 5.42. The van der Waals surface area contributed by atoms with Crippen molar-refractivity contribution in [2.45, 2.75) is 6.92 Å². The highest BCUT2D eigenvalue weighted by molar-refractivity contribution is 6.04. The Kier molecular flexibility index (Phi) is 3.23. The Morgan fingerprint density at radius 1 is 1.21 bits per heavy atom. The van der Waals surface area contributed by atoms with Gasteiger partial charge in [0, 0.05) is 10.9 Å². The number of fused-ring (bicyclic) bond motifs is 3. The van der Waals surface area contributed by atoms with E-state index in [2.05, 4.69) is 15.1 Å². The molecule has 0 fully saturated rings. The van der Waals surface area contributed by atoms with Crippen molar-refractivity contribution in [2.75, 3.05) is 0 Å². The summed E-state index contributed by atoms with van der Waals surface area (Å²) in [5, 5.41) is 4.82. The summed E-state index contributed by atoms with van der Waals surface area (Å²) in [7, 11) is 0. The van der Waals surface area contributed by atoms with E-state index < -0.39 is 0 Å². The van der Waals surface area contributed by atoms with Crippen LogP contribution in [0.4, 0.5) is 4.39 Å². The third-order valence-corrected chi connectivity index (χ3v) is 3.84. The predicted molar refractivity (Wildman–Crippen MR) is 92.0 cm³/mol. The van der Waals surface area contributed by atoms with Crippen LogP contribution in [0.1, 0.15) is 11.4 Å². The summed E-state index contributed by atoms with van der Waals surface area (Å²) in [5.41, 5.74) is 1.99. The van der Waals surface area contributed by atoms with Crippen molar-refractivity contribution in [3.8, 4) is 0 Å². The Hall–Kier alpha value is -3.28. The molecule has 2 heterocycles. The van der Waals surface area contributed by atoms with Crippen molar-refractivity contribution in [3.63, 3.8) is 0 Å². The molecule has 0 radical (unpaired) electrons. The van der Waals surface area contributed by atoms with Gasteiger partial charge >= 0.3 is 0 Å². The Morgan fingerprint density at radius 2 is 2.00 bits per heavy atom. The van der Waals surface area contributed by atoms with E-state index in [1.807, 2.05) is 30.3 Å². The molecule has 1 N–H and O–H groups in total. The summed E-state index contributed by atoms with van der Waals surface area (Å²) < 4.78 is 14.7. The lowest BCUT2D eigenvalue weighted by atomic mass is 10.2. The molecular formula is C18H13FN4O. The fraction of sp³-hybridized carbons (Fsp3) is 0.0556. The Balaban J connectivity index is 1.93. The summed E-state index contributed by atoms with van der Waals surface area (Å²) in [4.78, 5) is 20.1. The van der Waals surface area contributed by atoms with Crippen LogP contribution in [-0.2, 0) is 0 Å². The van der Waals surface area contributed by atoms with E-state index in [9.17, 15) is 9.18 Å². The van der Waals surface area contributed by atoms with Crippen LogP contribution in [0.25, 0.3) is 21.9 Å². The lowest BCUT2D eigenvalue weighted by Gasteiger charge is -2.03. The molecule has 0 aliphatic carbocycles. The molecule has 0 amide bonds. The zero-order valence-electron chi connectivity index (χ0n) is 12.8. The normalized spacial score (nSPS) is 11.8. The maximum atomic E-state index is 13.5. The molecule has 0 bridgehead atoms. The molecule has 0 atom stereocenters. The van der Waals surface area contributed by atoms with Crippen LogP contribution in [0.15, 0.2) is 58.4 Å². The maximum absolute atomic E-state index is 13.5. The van der Waals surface area contributed by atoms with Gasteiger partial charge in [0.05, 0.1) is 6.21 Å². The summed E-state index contributed by atoms with van der Waals surface area (Å²) in [6, 6.07) is 13.8. The van der Waals surface area contributed by atoms with Gasteiger partial charge in [0.25, 0.3) is 5.56 Å². The number of aryl methyl sites for hydroxylation is 1. The van der Waals surface area contributed by atoms with Gasteiger partial charge in [-0.1, -0.05) is 30.3 Å². The third kappa shape index (κ3) is 2.28. The predicted octanol–water partition coefficient (Wildman–Crippen LogP) is 3.21. The van der Waals surface area contributed by atoms with Crippen molar-refractivity contribution < 1.29 is 4.39 Å². The maximum Gasteiger partial charge on any atom is 0.298 e. The second-order valence-electron chi connectivity index (χ2n) is 5.47. The first-order valence-electron chi connectivity index (χ1n) is 7.43. The first-order chi connectivity index (χ1) is 11.6. The fourth-order valence-corrected chi connectivity index (χ4v) is 2.68. The molecule has 2 aromatic heterocycles. The van der Waals surface area contributed by atoms with Crippen molar-refractivity contribution >= 4 is 28.2 Å². The van der Waals surface area contributed by atoms with Crippen LogP contribution in [0.2, 0.25) is 0 Å². The number of aromatic nitrogens is 3. The summed E-state index contributed by atoms with van der Waals surface area (Å²) in [6.07, 6.45) is 1.60. The standard InChI is InChI=1S/C18H13FN4O/c1-11-21-16-14-9-13(19)7-8-15(14)22-17(16)18(24)23(11)20-10-12-5-3-2-4-6-12/h2-10,22H,1H3/b20-10-. The van der Waals surface area contributed by atoms with Crippen LogP contribution >= 0.6 is 0 Å². The number of H-pyrrole nitrogens is 1. The van der Waals surface area contributed by atoms with Crippen molar-refractivity contribution in [3.05, 3.63) is 76.1 Å². The number of aromatic amines is 1. The van der Waals surface area contributed by atoms with Crippen LogP contribution in [-0.4, -0.2) is 20.9 Å². The van der Waals surface area contributed by atoms with E-state index in [4.69, 9.17) is 0 Å². The minimum absolute atomic E-state index is 0.311. The van der Waals surface area contributed by atoms with Gasteiger partial charge in [-0.15, -0.1) is 0 Å². The lowest BCUT2D eigenvalue weighted by molar-refractivity contribution is 0.630. The smallest absolute Gasteiger partial charge is 0.298 e. The van der Waals surface area contributed by atoms with E-state index in [0.29, 0.717) is 27.8 Å². The molecule has 118 valence electrons. The number of halogens is 1. The zero-order valence-corrected chi connectivity index (χ0v) is 12.8.